The van der Waals surface area contributed by atoms with Gasteiger partial charge in [0.1, 0.15) is 12.4 Å². The molecule has 2 atom stereocenters. The van der Waals surface area contributed by atoms with Gasteiger partial charge in [0, 0.05) is 35.5 Å². The fraction of sp³-hybridized carbons (Fsp3) is 0.292. The van der Waals surface area contributed by atoms with Gasteiger partial charge < -0.3 is 20.4 Å². The van der Waals surface area contributed by atoms with E-state index < -0.39 is 6.04 Å². The number of hydrogen-bond donors (Lipinski definition) is 2. The van der Waals surface area contributed by atoms with Gasteiger partial charge in [-0.15, -0.1) is 11.6 Å². The van der Waals surface area contributed by atoms with Crippen LogP contribution in [0.15, 0.2) is 49.0 Å². The fourth-order valence-electron chi connectivity index (χ4n) is 3.90. The van der Waals surface area contributed by atoms with Crippen LogP contribution in [-0.2, 0) is 11.4 Å². The van der Waals surface area contributed by atoms with Gasteiger partial charge in [0.2, 0.25) is 5.91 Å². The van der Waals surface area contributed by atoms with Gasteiger partial charge >= 0.3 is 0 Å². The molecule has 5 nitrogen and oxygen atoms in total. The predicted octanol–water partition coefficient (Wildman–Crippen LogP) is 5.04. The number of carbonyl (C=O) groups is 1. The van der Waals surface area contributed by atoms with E-state index in [-0.39, 0.29) is 19.3 Å². The molecule has 1 amide bonds. The second-order valence-corrected chi connectivity index (χ2v) is 7.70. The van der Waals surface area contributed by atoms with Crippen molar-refractivity contribution in [1.29, 1.82) is 0 Å². The number of aromatic nitrogens is 1. The molecule has 4 rings (SSSR count). The molecule has 0 bridgehead atoms. The van der Waals surface area contributed by atoms with Crippen LogP contribution in [0.2, 0.25) is 0 Å². The van der Waals surface area contributed by atoms with Crippen molar-refractivity contribution in [3.63, 3.8) is 0 Å². The van der Waals surface area contributed by atoms with Gasteiger partial charge in [-0.2, -0.15) is 0 Å². The van der Waals surface area contributed by atoms with E-state index in [1.54, 1.807) is 17.9 Å². The molecule has 1 aromatic heterocycles. The number of aromatic amines is 1. The minimum atomic E-state index is -0.587. The number of alkyl halides is 1. The van der Waals surface area contributed by atoms with Crippen LogP contribution in [0, 0.1) is 0 Å². The Bertz CT molecular complexity index is 1060. The van der Waals surface area contributed by atoms with Crippen molar-refractivity contribution in [2.45, 2.75) is 32.9 Å². The third-order valence-electron chi connectivity index (χ3n) is 5.32. The summed E-state index contributed by atoms with van der Waals surface area (Å²) in [7, 11) is 0. The number of ether oxygens (including phenoxy) is 1. The molecule has 158 valence electrons. The molecular weight excluding hydrogens is 398 g/mol. The Labute approximate surface area is 182 Å². The van der Waals surface area contributed by atoms with E-state index in [1.165, 1.54) is 0 Å². The molecule has 0 saturated heterocycles. The molecule has 3 aromatic rings. The number of nitrogens with zero attached hydrogens (tertiary/aromatic N) is 1. The molecular formula is C24H28ClN3O2. The average molecular weight is 426 g/mol. The lowest BCUT2D eigenvalue weighted by Gasteiger charge is -2.20. The maximum Gasteiger partial charge on any atom is 0.243 e. The van der Waals surface area contributed by atoms with Crippen molar-refractivity contribution in [2.75, 3.05) is 17.3 Å². The smallest absolute Gasteiger partial charge is 0.243 e. The van der Waals surface area contributed by atoms with Gasteiger partial charge in [-0.3, -0.25) is 4.79 Å². The molecule has 2 heterocycles. The van der Waals surface area contributed by atoms with Crippen molar-refractivity contribution in [3.8, 4) is 5.75 Å². The summed E-state index contributed by atoms with van der Waals surface area (Å²) < 4.78 is 6.18. The SMILES string of the molecule is C.C=Cc1cc2c3c(cc(OCc4ccccc4)c2[nH]1)N(C(=O)C(C)N)CC3CCl. The summed E-state index contributed by atoms with van der Waals surface area (Å²) >= 11 is 6.28. The molecule has 0 fully saturated rings. The lowest BCUT2D eigenvalue weighted by molar-refractivity contribution is -0.119. The summed E-state index contributed by atoms with van der Waals surface area (Å²) in [6.45, 7) is 6.52. The highest BCUT2D eigenvalue weighted by molar-refractivity contribution is 6.19. The number of rotatable bonds is 6. The van der Waals surface area contributed by atoms with E-state index in [1.807, 2.05) is 42.5 Å². The van der Waals surface area contributed by atoms with Gasteiger partial charge in [0.05, 0.1) is 17.2 Å². The Morgan fingerprint density at radius 2 is 2.13 bits per heavy atom. The topological polar surface area (TPSA) is 71.3 Å². The Morgan fingerprint density at radius 1 is 1.40 bits per heavy atom. The van der Waals surface area contributed by atoms with Crippen molar-refractivity contribution in [3.05, 3.63) is 65.9 Å². The number of hydrogen-bond acceptors (Lipinski definition) is 3. The number of nitrogens with one attached hydrogen (secondary N) is 1. The van der Waals surface area contributed by atoms with Gasteiger partial charge in [0.15, 0.2) is 0 Å². The van der Waals surface area contributed by atoms with E-state index in [0.717, 1.165) is 33.4 Å². The molecule has 3 N–H and O–H groups in total. The average Bonchev–Trinajstić information content (AvgIpc) is 3.33. The number of nitrogens with two attached hydrogens (primary N) is 1. The normalized spacial score (nSPS) is 16.1. The Balaban J connectivity index is 0.00000256. The predicted molar refractivity (Wildman–Crippen MR) is 125 cm³/mol. The van der Waals surface area contributed by atoms with Crippen LogP contribution in [0.25, 0.3) is 17.0 Å². The molecule has 2 aromatic carbocycles. The zero-order chi connectivity index (χ0) is 20.5. The van der Waals surface area contributed by atoms with Crippen LogP contribution >= 0.6 is 11.6 Å². The first-order valence-electron chi connectivity index (χ1n) is 9.65. The molecule has 0 radical (unpaired) electrons. The Hall–Kier alpha value is -2.76. The molecule has 0 spiro atoms. The molecule has 0 aliphatic carbocycles. The van der Waals surface area contributed by atoms with Crippen molar-refractivity contribution in [1.82, 2.24) is 4.98 Å². The van der Waals surface area contributed by atoms with Crippen molar-refractivity contribution in [2.24, 2.45) is 5.73 Å². The first-order valence-corrected chi connectivity index (χ1v) is 10.2. The van der Waals surface area contributed by atoms with E-state index in [4.69, 9.17) is 22.1 Å². The summed E-state index contributed by atoms with van der Waals surface area (Å²) in [5, 5.41) is 1.01. The maximum atomic E-state index is 12.8. The van der Waals surface area contributed by atoms with Crippen molar-refractivity contribution >= 4 is 40.2 Å². The highest BCUT2D eigenvalue weighted by Gasteiger charge is 2.36. The zero-order valence-electron chi connectivity index (χ0n) is 16.3. The molecule has 1 aliphatic rings. The number of carbonyl (C=O) groups excluding carboxylic acids is 1. The van der Waals surface area contributed by atoms with Crippen LogP contribution in [0.4, 0.5) is 5.69 Å². The first-order chi connectivity index (χ1) is 14.0. The summed E-state index contributed by atoms with van der Waals surface area (Å²) in [6, 6.07) is 13.4. The largest absolute Gasteiger partial charge is 0.487 e. The number of fused-ring (bicyclic) bond motifs is 3. The number of amides is 1. The number of H-pyrrole nitrogens is 1. The zero-order valence-corrected chi connectivity index (χ0v) is 17.1. The maximum absolute atomic E-state index is 12.8. The van der Waals surface area contributed by atoms with E-state index in [9.17, 15) is 4.79 Å². The second-order valence-electron chi connectivity index (χ2n) is 7.39. The van der Waals surface area contributed by atoms with Gasteiger partial charge in [-0.1, -0.05) is 44.3 Å². The second kappa shape index (κ2) is 8.94. The summed E-state index contributed by atoms with van der Waals surface area (Å²) in [5.74, 6) is 1.03. The van der Waals surface area contributed by atoms with Crippen LogP contribution in [0.1, 0.15) is 37.1 Å². The highest BCUT2D eigenvalue weighted by Crippen LogP contribution is 2.46. The lowest BCUT2D eigenvalue weighted by atomic mass is 9.98. The van der Waals surface area contributed by atoms with Gasteiger partial charge in [-0.05, 0) is 30.2 Å². The third kappa shape index (κ3) is 3.83. The number of halogens is 1. The summed E-state index contributed by atoms with van der Waals surface area (Å²) in [6.07, 6.45) is 1.77. The minimum absolute atomic E-state index is 0. The van der Waals surface area contributed by atoms with Crippen LogP contribution in [0.5, 0.6) is 5.75 Å². The van der Waals surface area contributed by atoms with Crippen molar-refractivity contribution < 1.29 is 9.53 Å². The Morgan fingerprint density at radius 3 is 2.77 bits per heavy atom. The molecule has 30 heavy (non-hydrogen) atoms. The van der Waals surface area contributed by atoms with E-state index in [2.05, 4.69) is 11.6 Å². The van der Waals surface area contributed by atoms with Crippen LogP contribution in [0.3, 0.4) is 0 Å². The van der Waals surface area contributed by atoms with Crippen LogP contribution in [-0.4, -0.2) is 29.4 Å². The highest BCUT2D eigenvalue weighted by atomic mass is 35.5. The third-order valence-corrected chi connectivity index (χ3v) is 5.69. The molecule has 6 heteroatoms. The molecule has 0 saturated carbocycles. The van der Waals surface area contributed by atoms with Crippen LogP contribution < -0.4 is 15.4 Å². The van der Waals surface area contributed by atoms with E-state index in [0.29, 0.717) is 24.8 Å². The molecule has 1 aliphatic heterocycles. The van der Waals surface area contributed by atoms with E-state index >= 15 is 0 Å². The summed E-state index contributed by atoms with van der Waals surface area (Å²) in [4.78, 5) is 17.9. The standard InChI is InChI=1S/C23H24ClN3O2.CH4/c1-3-17-9-18-21-16(11-24)12-27(23(28)14(2)25)19(21)10-20(22(18)26-17)29-13-15-7-5-4-6-8-15;/h3-10,14,16,26H,1,11-13,25H2,2H3;1H4. The number of benzene rings is 2. The monoisotopic (exact) mass is 425 g/mol. The molecule has 2 unspecified atom stereocenters. The van der Waals surface area contributed by atoms with Gasteiger partial charge in [0.25, 0.3) is 0 Å². The lowest BCUT2D eigenvalue weighted by Crippen LogP contribution is -2.41. The minimum Gasteiger partial charge on any atom is -0.487 e. The number of anilines is 1. The summed E-state index contributed by atoms with van der Waals surface area (Å²) in [5.41, 5.74) is 10.6. The fourth-order valence-corrected chi connectivity index (χ4v) is 4.15. The first kappa shape index (κ1) is 21.9. The quantitative estimate of drug-likeness (QED) is 0.543. The van der Waals surface area contributed by atoms with Gasteiger partial charge in [-0.25, -0.2) is 0 Å². The Kier molecular flexibility index (Phi) is 6.54.